The molecule has 0 aromatic carbocycles. The van der Waals surface area contributed by atoms with Crippen molar-refractivity contribution in [1.29, 1.82) is 0 Å². The van der Waals surface area contributed by atoms with Gasteiger partial charge in [0.25, 0.3) is 0 Å². The highest BCUT2D eigenvalue weighted by Crippen LogP contribution is 1.91. The molecule has 1 heterocycles. The summed E-state index contributed by atoms with van der Waals surface area (Å²) in [4.78, 5) is 7.70. The molecule has 0 bridgehead atoms. The highest BCUT2D eigenvalue weighted by molar-refractivity contribution is 5.93. The summed E-state index contributed by atoms with van der Waals surface area (Å²) in [5.41, 5.74) is 6.02. The molecule has 0 radical (unpaired) electrons. The lowest BCUT2D eigenvalue weighted by Gasteiger charge is -1.95. The van der Waals surface area contributed by atoms with Crippen LogP contribution in [0.1, 0.15) is 11.5 Å². The van der Waals surface area contributed by atoms with Crippen LogP contribution in [0.25, 0.3) is 0 Å². The average Bonchev–Trinajstić information content (AvgIpc) is 2.03. The minimum absolute atomic E-state index is 0.0753. The molecule has 0 saturated carbocycles. The number of hydrogen-bond donors (Lipinski definition) is 2. The van der Waals surface area contributed by atoms with E-state index in [1.165, 1.54) is 0 Å². The van der Waals surface area contributed by atoms with Crippen LogP contribution in [0.5, 0.6) is 0 Å². The van der Waals surface area contributed by atoms with Gasteiger partial charge in [0.1, 0.15) is 0 Å². The summed E-state index contributed by atoms with van der Waals surface area (Å²) >= 11 is 0. The van der Waals surface area contributed by atoms with E-state index < -0.39 is 0 Å². The van der Waals surface area contributed by atoms with E-state index in [-0.39, 0.29) is 11.7 Å². The third-order valence-corrected chi connectivity index (χ3v) is 1.13. The number of nitrogens with two attached hydrogens (primary N) is 1. The molecule has 5 nitrogen and oxygen atoms in total. The van der Waals surface area contributed by atoms with E-state index in [9.17, 15) is 0 Å². The predicted octanol–water partition coefficient (Wildman–Crippen LogP) is -0.120. The largest absolute Gasteiger partial charge is 0.409 e. The Hall–Kier alpha value is -1.65. The number of hydrogen-bond acceptors (Lipinski definition) is 4. The van der Waals surface area contributed by atoms with Crippen LogP contribution in [0.2, 0.25) is 0 Å². The first-order valence-corrected chi connectivity index (χ1v) is 3.01. The normalized spacial score (nSPS) is 11.5. The van der Waals surface area contributed by atoms with Gasteiger partial charge in [0.05, 0.1) is 0 Å². The van der Waals surface area contributed by atoms with Gasteiger partial charge >= 0.3 is 0 Å². The van der Waals surface area contributed by atoms with E-state index in [4.69, 9.17) is 10.9 Å². The highest BCUT2D eigenvalue weighted by atomic mass is 16.4. The fourth-order valence-corrected chi connectivity index (χ4v) is 0.617. The summed E-state index contributed by atoms with van der Waals surface area (Å²) in [6.07, 6.45) is 1.55. The molecule has 3 N–H and O–H groups in total. The summed E-state index contributed by atoms with van der Waals surface area (Å²) in [6, 6.07) is 1.73. The van der Waals surface area contributed by atoms with Gasteiger partial charge in [-0.05, 0) is 13.0 Å². The van der Waals surface area contributed by atoms with Crippen molar-refractivity contribution < 1.29 is 5.21 Å². The van der Waals surface area contributed by atoms with Crippen molar-refractivity contribution in [3.63, 3.8) is 0 Å². The Morgan fingerprint density at radius 3 is 3.00 bits per heavy atom. The number of amidine groups is 1. The molecule has 58 valence electrons. The fourth-order valence-electron chi connectivity index (χ4n) is 0.617. The number of aromatic nitrogens is 2. The molecule has 1 aromatic heterocycles. The standard InChI is InChI=1S/C6H8N4O/c1-4-2-3-8-6(9-4)5(7)10-11/h2-3,11H,1H3,(H2,7,10). The number of aryl methyl sites for hydroxylation is 1. The Labute approximate surface area is 63.6 Å². The number of oxime groups is 1. The van der Waals surface area contributed by atoms with Crippen LogP contribution in [0.3, 0.4) is 0 Å². The molecule has 0 fully saturated rings. The van der Waals surface area contributed by atoms with Crippen molar-refractivity contribution in [2.45, 2.75) is 6.92 Å². The van der Waals surface area contributed by atoms with E-state index in [1.807, 2.05) is 0 Å². The van der Waals surface area contributed by atoms with Crippen LogP contribution in [0.4, 0.5) is 0 Å². The minimum atomic E-state index is -0.0753. The molecule has 0 aliphatic rings. The molecular formula is C6H8N4O. The van der Waals surface area contributed by atoms with Crippen molar-refractivity contribution in [3.8, 4) is 0 Å². The second-order valence-corrected chi connectivity index (χ2v) is 2.01. The van der Waals surface area contributed by atoms with Gasteiger partial charge in [-0.2, -0.15) is 0 Å². The molecule has 5 heteroatoms. The van der Waals surface area contributed by atoms with Crippen molar-refractivity contribution in [3.05, 3.63) is 23.8 Å². The quantitative estimate of drug-likeness (QED) is 0.254. The lowest BCUT2D eigenvalue weighted by atomic mass is 10.4. The van der Waals surface area contributed by atoms with Crippen LogP contribution in [-0.4, -0.2) is 21.0 Å². The maximum atomic E-state index is 8.26. The Kier molecular flexibility index (Phi) is 2.00. The zero-order valence-corrected chi connectivity index (χ0v) is 6.02. The van der Waals surface area contributed by atoms with E-state index in [1.54, 1.807) is 19.2 Å². The van der Waals surface area contributed by atoms with Crippen molar-refractivity contribution in [2.24, 2.45) is 10.9 Å². The molecule has 0 amide bonds. The first-order valence-electron chi connectivity index (χ1n) is 3.01. The molecule has 0 aliphatic heterocycles. The Morgan fingerprint density at radius 2 is 2.45 bits per heavy atom. The third-order valence-electron chi connectivity index (χ3n) is 1.13. The monoisotopic (exact) mass is 152 g/mol. The van der Waals surface area contributed by atoms with Crippen LogP contribution in [-0.2, 0) is 0 Å². The minimum Gasteiger partial charge on any atom is -0.409 e. The highest BCUT2D eigenvalue weighted by Gasteiger charge is 2.00. The second-order valence-electron chi connectivity index (χ2n) is 2.01. The topological polar surface area (TPSA) is 84.4 Å². The second kappa shape index (κ2) is 2.96. The lowest BCUT2D eigenvalue weighted by Crippen LogP contribution is -2.17. The average molecular weight is 152 g/mol. The van der Waals surface area contributed by atoms with Crippen molar-refractivity contribution in [1.82, 2.24) is 9.97 Å². The summed E-state index contributed by atoms with van der Waals surface area (Å²) in [5, 5.41) is 11.0. The summed E-state index contributed by atoms with van der Waals surface area (Å²) in [5.74, 6) is 0.168. The van der Waals surface area contributed by atoms with Gasteiger partial charge in [0, 0.05) is 11.9 Å². The van der Waals surface area contributed by atoms with Gasteiger partial charge in [-0.25, -0.2) is 9.97 Å². The van der Waals surface area contributed by atoms with Gasteiger partial charge in [-0.15, -0.1) is 0 Å². The molecular weight excluding hydrogens is 144 g/mol. The molecule has 0 atom stereocenters. The molecule has 0 spiro atoms. The molecule has 1 aromatic rings. The van der Waals surface area contributed by atoms with Crippen molar-refractivity contribution >= 4 is 5.84 Å². The zero-order valence-electron chi connectivity index (χ0n) is 6.02. The van der Waals surface area contributed by atoms with Gasteiger partial charge < -0.3 is 10.9 Å². The Morgan fingerprint density at radius 1 is 1.73 bits per heavy atom. The third kappa shape index (κ3) is 1.64. The van der Waals surface area contributed by atoms with Crippen LogP contribution < -0.4 is 5.73 Å². The first kappa shape index (κ1) is 7.46. The van der Waals surface area contributed by atoms with Gasteiger partial charge in [-0.3, -0.25) is 0 Å². The molecule has 1 rings (SSSR count). The number of rotatable bonds is 1. The van der Waals surface area contributed by atoms with Crippen LogP contribution >= 0.6 is 0 Å². The Bertz CT molecular complexity index is 284. The molecule has 0 aliphatic carbocycles. The van der Waals surface area contributed by atoms with Crippen LogP contribution in [0, 0.1) is 6.92 Å². The fraction of sp³-hybridized carbons (Fsp3) is 0.167. The van der Waals surface area contributed by atoms with Crippen LogP contribution in [0.15, 0.2) is 17.4 Å². The smallest absolute Gasteiger partial charge is 0.207 e. The summed E-state index contributed by atoms with van der Waals surface area (Å²) in [7, 11) is 0. The zero-order chi connectivity index (χ0) is 8.27. The summed E-state index contributed by atoms with van der Waals surface area (Å²) < 4.78 is 0. The van der Waals surface area contributed by atoms with Crippen molar-refractivity contribution in [2.75, 3.05) is 0 Å². The van der Waals surface area contributed by atoms with Gasteiger partial charge in [0.2, 0.25) is 5.84 Å². The Balaban J connectivity index is 3.06. The molecule has 0 unspecified atom stereocenters. The first-order chi connectivity index (χ1) is 5.24. The lowest BCUT2D eigenvalue weighted by molar-refractivity contribution is 0.318. The van der Waals surface area contributed by atoms with E-state index in [0.29, 0.717) is 0 Å². The molecule has 11 heavy (non-hydrogen) atoms. The summed E-state index contributed by atoms with van der Waals surface area (Å²) in [6.45, 7) is 1.80. The maximum Gasteiger partial charge on any atom is 0.207 e. The van der Waals surface area contributed by atoms with Gasteiger partial charge in [-0.1, -0.05) is 5.16 Å². The van der Waals surface area contributed by atoms with E-state index >= 15 is 0 Å². The van der Waals surface area contributed by atoms with E-state index in [2.05, 4.69) is 15.1 Å². The molecule has 0 saturated heterocycles. The SMILES string of the molecule is Cc1ccnc(C(N)=NO)n1. The number of nitrogens with zero attached hydrogens (tertiary/aromatic N) is 3. The predicted molar refractivity (Wildman–Crippen MR) is 39.3 cm³/mol. The van der Waals surface area contributed by atoms with E-state index in [0.717, 1.165) is 5.69 Å². The van der Waals surface area contributed by atoms with Gasteiger partial charge in [0.15, 0.2) is 5.82 Å². The maximum absolute atomic E-state index is 8.26.